The van der Waals surface area contributed by atoms with E-state index in [-0.39, 0.29) is 18.2 Å². The van der Waals surface area contributed by atoms with Crippen molar-refractivity contribution in [2.45, 2.75) is 37.0 Å². The number of nitrogens with one attached hydrogen (secondary N) is 1. The molecule has 2 amide bonds. The number of thioether (sulfide) groups is 1. The molecule has 1 aliphatic rings. The standard InChI is InChI=1S/C19H18F2N2O2S/c1-11-7-12(2)9-13(8-11)22-16-10-17(24)23(18(16)25)14-3-5-15(6-4-14)26-19(20)21/h3-9,16,19,22H,10H2,1-2H3/t16-/m0/s1. The van der Waals surface area contributed by atoms with Crippen LogP contribution < -0.4 is 10.2 Å². The van der Waals surface area contributed by atoms with E-state index in [1.54, 1.807) is 0 Å². The molecule has 136 valence electrons. The van der Waals surface area contributed by atoms with Crippen LogP contribution in [0.2, 0.25) is 0 Å². The number of hydrogen-bond acceptors (Lipinski definition) is 4. The van der Waals surface area contributed by atoms with Crippen LogP contribution >= 0.6 is 11.8 Å². The minimum Gasteiger partial charge on any atom is -0.373 e. The van der Waals surface area contributed by atoms with Crippen LogP contribution in [0.4, 0.5) is 20.2 Å². The van der Waals surface area contributed by atoms with Gasteiger partial charge in [0.25, 0.3) is 11.7 Å². The molecule has 0 saturated carbocycles. The zero-order valence-corrected chi connectivity index (χ0v) is 15.1. The van der Waals surface area contributed by atoms with Crippen molar-refractivity contribution in [3.8, 4) is 0 Å². The lowest BCUT2D eigenvalue weighted by molar-refractivity contribution is -0.121. The maximum atomic E-state index is 12.7. The van der Waals surface area contributed by atoms with Gasteiger partial charge in [-0.3, -0.25) is 9.59 Å². The van der Waals surface area contributed by atoms with Crippen molar-refractivity contribution in [3.05, 3.63) is 53.6 Å². The van der Waals surface area contributed by atoms with Gasteiger partial charge in [0.1, 0.15) is 6.04 Å². The number of benzene rings is 2. The highest BCUT2D eigenvalue weighted by molar-refractivity contribution is 7.99. The number of carbonyl (C=O) groups excluding carboxylic acids is 2. The molecule has 1 fully saturated rings. The zero-order chi connectivity index (χ0) is 18.8. The fraction of sp³-hybridized carbons (Fsp3) is 0.263. The van der Waals surface area contributed by atoms with Crippen LogP contribution in [0, 0.1) is 13.8 Å². The molecule has 0 aromatic heterocycles. The first-order valence-electron chi connectivity index (χ1n) is 8.10. The number of imide groups is 1. The summed E-state index contributed by atoms with van der Waals surface area (Å²) in [5.41, 5.74) is 3.31. The number of amides is 2. The summed E-state index contributed by atoms with van der Waals surface area (Å²) in [4.78, 5) is 26.5. The summed E-state index contributed by atoms with van der Waals surface area (Å²) in [5, 5.41) is 3.12. The van der Waals surface area contributed by atoms with Crippen molar-refractivity contribution in [2.24, 2.45) is 0 Å². The average Bonchev–Trinajstić information content (AvgIpc) is 2.81. The number of halogens is 2. The van der Waals surface area contributed by atoms with E-state index in [9.17, 15) is 18.4 Å². The van der Waals surface area contributed by atoms with Gasteiger partial charge in [0, 0.05) is 10.6 Å². The van der Waals surface area contributed by atoms with Gasteiger partial charge in [0.15, 0.2) is 0 Å². The molecule has 3 rings (SSSR count). The van der Waals surface area contributed by atoms with Crippen molar-refractivity contribution in [2.75, 3.05) is 10.2 Å². The van der Waals surface area contributed by atoms with Crippen molar-refractivity contribution < 1.29 is 18.4 Å². The Kier molecular flexibility index (Phi) is 5.27. The molecular weight excluding hydrogens is 358 g/mol. The topological polar surface area (TPSA) is 49.4 Å². The van der Waals surface area contributed by atoms with E-state index in [1.807, 2.05) is 32.0 Å². The highest BCUT2D eigenvalue weighted by atomic mass is 32.2. The lowest BCUT2D eigenvalue weighted by Gasteiger charge is -2.17. The fourth-order valence-electron chi connectivity index (χ4n) is 3.05. The quantitative estimate of drug-likeness (QED) is 0.622. The summed E-state index contributed by atoms with van der Waals surface area (Å²) in [7, 11) is 0. The maximum absolute atomic E-state index is 12.7. The Bertz CT molecular complexity index is 820. The van der Waals surface area contributed by atoms with Gasteiger partial charge in [0.2, 0.25) is 5.91 Å². The highest BCUT2D eigenvalue weighted by Gasteiger charge is 2.39. The Morgan fingerprint density at radius 3 is 2.27 bits per heavy atom. The van der Waals surface area contributed by atoms with Crippen LogP contribution in [0.25, 0.3) is 0 Å². The van der Waals surface area contributed by atoms with Gasteiger partial charge in [-0.05, 0) is 61.4 Å². The maximum Gasteiger partial charge on any atom is 0.288 e. The van der Waals surface area contributed by atoms with Crippen LogP contribution in [-0.2, 0) is 9.59 Å². The van der Waals surface area contributed by atoms with Gasteiger partial charge in [-0.1, -0.05) is 17.8 Å². The third kappa shape index (κ3) is 4.04. The van der Waals surface area contributed by atoms with E-state index in [4.69, 9.17) is 0 Å². The zero-order valence-electron chi connectivity index (χ0n) is 14.3. The molecule has 1 heterocycles. The summed E-state index contributed by atoms with van der Waals surface area (Å²) in [6, 6.07) is 11.2. The van der Waals surface area contributed by atoms with Gasteiger partial charge < -0.3 is 5.32 Å². The number of aryl methyl sites for hydroxylation is 2. The first-order chi connectivity index (χ1) is 12.3. The lowest BCUT2D eigenvalue weighted by atomic mass is 10.1. The van der Waals surface area contributed by atoms with Crippen LogP contribution in [0.15, 0.2) is 47.4 Å². The molecule has 2 aromatic carbocycles. The number of carbonyl (C=O) groups is 2. The van der Waals surface area contributed by atoms with Crippen LogP contribution in [0.3, 0.4) is 0 Å². The Morgan fingerprint density at radius 2 is 1.69 bits per heavy atom. The third-order valence-electron chi connectivity index (χ3n) is 4.03. The van der Waals surface area contributed by atoms with Crippen molar-refractivity contribution >= 4 is 35.0 Å². The number of alkyl halides is 2. The second kappa shape index (κ2) is 7.45. The average molecular weight is 376 g/mol. The molecule has 1 N–H and O–H groups in total. The number of anilines is 2. The largest absolute Gasteiger partial charge is 0.373 e. The summed E-state index contributed by atoms with van der Waals surface area (Å²) < 4.78 is 24.8. The van der Waals surface area contributed by atoms with Crippen LogP contribution in [0.5, 0.6) is 0 Å². The van der Waals surface area contributed by atoms with E-state index in [2.05, 4.69) is 5.32 Å². The van der Waals surface area contributed by atoms with Crippen molar-refractivity contribution in [1.82, 2.24) is 0 Å². The summed E-state index contributed by atoms with van der Waals surface area (Å²) in [5.74, 6) is -3.17. The molecule has 0 radical (unpaired) electrons. The lowest BCUT2D eigenvalue weighted by Crippen LogP contribution is -2.34. The van der Waals surface area contributed by atoms with E-state index in [0.717, 1.165) is 21.7 Å². The summed E-state index contributed by atoms with van der Waals surface area (Å²) in [6.07, 6.45) is 0.0549. The molecule has 0 unspecified atom stereocenters. The van der Waals surface area contributed by atoms with Crippen molar-refractivity contribution in [1.29, 1.82) is 0 Å². The smallest absolute Gasteiger partial charge is 0.288 e. The minimum atomic E-state index is -2.51. The first-order valence-corrected chi connectivity index (χ1v) is 8.98. The summed E-state index contributed by atoms with van der Waals surface area (Å²) in [6.45, 7) is 3.93. The number of rotatable bonds is 5. The van der Waals surface area contributed by atoms with Gasteiger partial charge in [-0.25, -0.2) is 4.90 Å². The van der Waals surface area contributed by atoms with Gasteiger partial charge >= 0.3 is 0 Å². The monoisotopic (exact) mass is 376 g/mol. The number of nitrogens with zero attached hydrogens (tertiary/aromatic N) is 1. The Labute approximate surface area is 154 Å². The Balaban J connectivity index is 1.76. The molecule has 0 bridgehead atoms. The fourth-order valence-corrected chi connectivity index (χ4v) is 3.55. The molecule has 26 heavy (non-hydrogen) atoms. The molecule has 0 aliphatic carbocycles. The molecule has 1 saturated heterocycles. The third-order valence-corrected chi connectivity index (χ3v) is 4.75. The second-order valence-corrected chi connectivity index (χ2v) is 7.28. The molecule has 2 aromatic rings. The predicted molar refractivity (Wildman–Crippen MR) is 98.7 cm³/mol. The van der Waals surface area contributed by atoms with Crippen LogP contribution in [-0.4, -0.2) is 23.6 Å². The molecular formula is C19H18F2N2O2S. The van der Waals surface area contributed by atoms with E-state index in [0.29, 0.717) is 22.3 Å². The predicted octanol–water partition coefficient (Wildman–Crippen LogP) is 4.36. The molecule has 1 atom stereocenters. The SMILES string of the molecule is Cc1cc(C)cc(N[C@H]2CC(=O)N(c3ccc(SC(F)F)cc3)C2=O)c1. The Hall–Kier alpha value is -2.41. The first kappa shape index (κ1) is 18.4. The molecule has 4 nitrogen and oxygen atoms in total. The minimum absolute atomic E-state index is 0.0549. The molecule has 1 aliphatic heterocycles. The highest BCUT2D eigenvalue weighted by Crippen LogP contribution is 2.30. The van der Waals surface area contributed by atoms with E-state index < -0.39 is 11.8 Å². The van der Waals surface area contributed by atoms with Gasteiger partial charge in [-0.15, -0.1) is 0 Å². The normalized spacial score (nSPS) is 17.3. The Morgan fingerprint density at radius 1 is 1.08 bits per heavy atom. The van der Waals surface area contributed by atoms with Gasteiger partial charge in [0.05, 0.1) is 12.1 Å². The molecule has 0 spiro atoms. The van der Waals surface area contributed by atoms with Crippen LogP contribution in [0.1, 0.15) is 17.5 Å². The number of hydrogen-bond donors (Lipinski definition) is 1. The van der Waals surface area contributed by atoms with E-state index >= 15 is 0 Å². The molecule has 7 heteroatoms. The van der Waals surface area contributed by atoms with Gasteiger partial charge in [-0.2, -0.15) is 8.78 Å². The van der Waals surface area contributed by atoms with Crippen molar-refractivity contribution in [3.63, 3.8) is 0 Å². The second-order valence-electron chi connectivity index (χ2n) is 6.22. The van der Waals surface area contributed by atoms with E-state index in [1.165, 1.54) is 24.3 Å². The summed E-state index contributed by atoms with van der Waals surface area (Å²) >= 11 is 0.422.